The lowest BCUT2D eigenvalue weighted by atomic mass is 9.76. The summed E-state index contributed by atoms with van der Waals surface area (Å²) in [6, 6.07) is 0. The zero-order chi connectivity index (χ0) is 21.2. The fourth-order valence-electron chi connectivity index (χ4n) is 3.83. The van der Waals surface area contributed by atoms with Gasteiger partial charge in [0.25, 0.3) is 0 Å². The van der Waals surface area contributed by atoms with E-state index in [1.165, 1.54) is 11.1 Å². The number of allylic oxidation sites excluding steroid dienone is 5. The Hall–Kier alpha value is -1.59. The minimum atomic E-state index is -0.640. The molecule has 1 rings (SSSR count). The molecule has 0 unspecified atom stereocenters. The van der Waals surface area contributed by atoms with Gasteiger partial charge in [0, 0.05) is 7.11 Å². The molecular weight excluding hydrogens is 354 g/mol. The van der Waals surface area contributed by atoms with E-state index in [1.54, 1.807) is 14.0 Å². The zero-order valence-corrected chi connectivity index (χ0v) is 18.8. The van der Waals surface area contributed by atoms with Crippen LogP contribution < -0.4 is 5.32 Å². The average Bonchev–Trinajstić information content (AvgIpc) is 2.71. The van der Waals surface area contributed by atoms with Crippen molar-refractivity contribution in [2.75, 3.05) is 20.8 Å². The molecule has 0 spiro atoms. The highest BCUT2D eigenvalue weighted by atomic mass is 16.7. The Morgan fingerprint density at radius 2 is 1.86 bits per heavy atom. The molecule has 0 aliphatic heterocycles. The van der Waals surface area contributed by atoms with Gasteiger partial charge in [-0.2, -0.15) is 0 Å². The van der Waals surface area contributed by atoms with Crippen LogP contribution in [0.2, 0.25) is 0 Å². The Balaban J connectivity index is 3.40. The van der Waals surface area contributed by atoms with E-state index < -0.39 is 11.7 Å². The van der Waals surface area contributed by atoms with Gasteiger partial charge in [-0.3, -0.25) is 0 Å². The molecule has 0 aromatic rings. The first-order chi connectivity index (χ1) is 13.4. The lowest BCUT2D eigenvalue weighted by molar-refractivity contribution is 0.0281. The van der Waals surface area contributed by atoms with Crippen LogP contribution in [-0.2, 0) is 14.2 Å². The third-order valence-corrected chi connectivity index (χ3v) is 5.72. The van der Waals surface area contributed by atoms with Crippen molar-refractivity contribution in [2.45, 2.75) is 84.8 Å². The first-order valence-electron chi connectivity index (χ1n) is 10.5. The number of hydrogen-bond acceptors (Lipinski definition) is 5. The molecule has 1 N–H and O–H groups in total. The van der Waals surface area contributed by atoms with Gasteiger partial charge in [0.05, 0.1) is 18.2 Å². The summed E-state index contributed by atoms with van der Waals surface area (Å²) in [5, 5.41) is 3.47. The monoisotopic (exact) mass is 393 g/mol. The number of nitrogens with one attached hydrogen (secondary N) is 1. The van der Waals surface area contributed by atoms with Crippen LogP contribution in [0.1, 0.15) is 73.1 Å². The molecule has 1 fully saturated rings. The van der Waals surface area contributed by atoms with E-state index in [2.05, 4.69) is 45.2 Å². The summed E-state index contributed by atoms with van der Waals surface area (Å²) in [4.78, 5) is 12.3. The van der Waals surface area contributed by atoms with E-state index in [4.69, 9.17) is 14.2 Å². The van der Waals surface area contributed by atoms with Crippen LogP contribution in [-0.4, -0.2) is 38.6 Å². The van der Waals surface area contributed by atoms with Crippen molar-refractivity contribution in [2.24, 2.45) is 0 Å². The second kappa shape index (κ2) is 12.1. The number of ether oxygens (including phenoxy) is 3. The van der Waals surface area contributed by atoms with Crippen LogP contribution in [0, 0.1) is 0 Å². The third-order valence-electron chi connectivity index (χ3n) is 5.72. The molecule has 0 saturated heterocycles. The predicted molar refractivity (Wildman–Crippen MR) is 114 cm³/mol. The van der Waals surface area contributed by atoms with E-state index in [0.717, 1.165) is 44.1 Å². The summed E-state index contributed by atoms with van der Waals surface area (Å²) < 4.78 is 16.5. The molecule has 0 bridgehead atoms. The molecule has 160 valence electrons. The second-order valence-corrected chi connectivity index (χ2v) is 7.46. The lowest BCUT2D eigenvalue weighted by Crippen LogP contribution is -2.50. The van der Waals surface area contributed by atoms with Crippen LogP contribution in [0.25, 0.3) is 0 Å². The summed E-state index contributed by atoms with van der Waals surface area (Å²) in [6.45, 7) is 10.4. The highest BCUT2D eigenvalue weighted by Gasteiger charge is 2.41. The van der Waals surface area contributed by atoms with Gasteiger partial charge in [0.15, 0.2) is 0 Å². The number of methoxy groups -OCH3 is 1. The molecule has 0 heterocycles. The van der Waals surface area contributed by atoms with Gasteiger partial charge in [-0.05, 0) is 84.4 Å². The summed E-state index contributed by atoms with van der Waals surface area (Å²) >= 11 is 0. The second-order valence-electron chi connectivity index (χ2n) is 7.46. The van der Waals surface area contributed by atoms with E-state index in [9.17, 15) is 4.79 Å². The van der Waals surface area contributed by atoms with Crippen LogP contribution in [0.4, 0.5) is 4.79 Å². The van der Waals surface area contributed by atoms with Crippen LogP contribution in [0.15, 0.2) is 34.6 Å². The standard InChI is InChI=1S/C23H39NO4/c1-8-11-19(16-17(4)9-2)18(5)21(28-22(25)27-10-3)23(24-6)14-12-20(26-7)13-15-23/h9,11,20,24H,8,10,12-16H2,1-7H3/b17-9-,19-11+,21-18-. The summed E-state index contributed by atoms with van der Waals surface area (Å²) in [6.07, 6.45) is 9.25. The zero-order valence-electron chi connectivity index (χ0n) is 18.8. The first-order valence-corrected chi connectivity index (χ1v) is 10.5. The van der Waals surface area contributed by atoms with Crippen LogP contribution in [0.3, 0.4) is 0 Å². The number of carbonyl (C=O) groups is 1. The van der Waals surface area contributed by atoms with Crippen molar-refractivity contribution in [3.8, 4) is 0 Å². The Kier molecular flexibility index (Phi) is 10.5. The maximum atomic E-state index is 12.3. The van der Waals surface area contributed by atoms with Gasteiger partial charge in [-0.15, -0.1) is 0 Å². The molecule has 1 saturated carbocycles. The van der Waals surface area contributed by atoms with Gasteiger partial charge < -0.3 is 19.5 Å². The summed E-state index contributed by atoms with van der Waals surface area (Å²) in [5.41, 5.74) is 3.10. The SMILES string of the molecule is C/C=C(/C)CC(=C\CC)/C(C)=C(\OC(=O)OCC)C1(NC)CCC(OC)CC1. The molecule has 28 heavy (non-hydrogen) atoms. The molecule has 0 aromatic heterocycles. The first kappa shape index (κ1) is 24.4. The van der Waals surface area contributed by atoms with Crippen LogP contribution >= 0.6 is 0 Å². The Bertz CT molecular complexity index is 596. The van der Waals surface area contributed by atoms with Gasteiger partial charge in [0.2, 0.25) is 0 Å². The number of rotatable bonds is 9. The number of likely N-dealkylation sites (N-methyl/N-ethyl adjacent to an activating group) is 1. The molecule has 5 nitrogen and oxygen atoms in total. The molecule has 0 amide bonds. The largest absolute Gasteiger partial charge is 0.513 e. The fraction of sp³-hybridized carbons (Fsp3) is 0.696. The summed E-state index contributed by atoms with van der Waals surface area (Å²) in [7, 11) is 3.70. The van der Waals surface area contributed by atoms with Crippen LogP contribution in [0.5, 0.6) is 0 Å². The maximum absolute atomic E-state index is 12.3. The van der Waals surface area contributed by atoms with Crippen molar-refractivity contribution in [3.63, 3.8) is 0 Å². The predicted octanol–water partition coefficient (Wildman–Crippen LogP) is 5.67. The topological polar surface area (TPSA) is 56.8 Å². The molecule has 0 radical (unpaired) electrons. The van der Waals surface area contributed by atoms with Crippen molar-refractivity contribution in [1.29, 1.82) is 0 Å². The van der Waals surface area contributed by atoms with E-state index in [-0.39, 0.29) is 6.10 Å². The number of carbonyl (C=O) groups excluding carboxylic acids is 1. The van der Waals surface area contributed by atoms with Crippen molar-refractivity contribution < 1.29 is 19.0 Å². The highest BCUT2D eigenvalue weighted by molar-refractivity contribution is 5.62. The fourth-order valence-corrected chi connectivity index (χ4v) is 3.83. The highest BCUT2D eigenvalue weighted by Crippen LogP contribution is 2.39. The average molecular weight is 394 g/mol. The minimum Gasteiger partial charge on any atom is -0.434 e. The van der Waals surface area contributed by atoms with Gasteiger partial charge in [-0.1, -0.05) is 24.6 Å². The van der Waals surface area contributed by atoms with E-state index >= 15 is 0 Å². The normalized spacial score (nSPS) is 24.6. The lowest BCUT2D eigenvalue weighted by Gasteiger charge is -2.41. The molecular formula is C23H39NO4. The van der Waals surface area contributed by atoms with Crippen molar-refractivity contribution >= 4 is 6.16 Å². The van der Waals surface area contributed by atoms with Gasteiger partial charge in [0.1, 0.15) is 5.76 Å². The minimum absolute atomic E-state index is 0.251. The van der Waals surface area contributed by atoms with Gasteiger partial charge in [-0.25, -0.2) is 4.79 Å². The third kappa shape index (κ3) is 6.49. The Morgan fingerprint density at radius 3 is 2.32 bits per heavy atom. The molecule has 5 heteroatoms. The number of hydrogen-bond donors (Lipinski definition) is 1. The molecule has 0 atom stereocenters. The van der Waals surface area contributed by atoms with Gasteiger partial charge >= 0.3 is 6.16 Å². The smallest absolute Gasteiger partial charge is 0.434 e. The quantitative estimate of drug-likeness (QED) is 0.237. The van der Waals surface area contributed by atoms with Crippen molar-refractivity contribution in [3.05, 3.63) is 34.6 Å². The summed E-state index contributed by atoms with van der Waals surface area (Å²) in [5.74, 6) is 0.687. The Morgan fingerprint density at radius 1 is 1.21 bits per heavy atom. The molecule has 1 aliphatic carbocycles. The molecule has 0 aromatic carbocycles. The maximum Gasteiger partial charge on any atom is 0.513 e. The Labute approximate surface area is 171 Å². The van der Waals surface area contributed by atoms with Crippen molar-refractivity contribution in [1.82, 2.24) is 5.32 Å². The molecule has 1 aliphatic rings. The van der Waals surface area contributed by atoms with E-state index in [0.29, 0.717) is 12.4 Å². The van der Waals surface area contributed by atoms with E-state index in [1.807, 2.05) is 7.05 Å².